The van der Waals surface area contributed by atoms with Gasteiger partial charge < -0.3 is 15.0 Å². The molecule has 7 nitrogen and oxygen atoms in total. The summed E-state index contributed by atoms with van der Waals surface area (Å²) in [5.41, 5.74) is 2.20. The number of aromatic nitrogens is 2. The third kappa shape index (κ3) is 4.33. The molecule has 0 aliphatic carbocycles. The second-order valence-corrected chi connectivity index (χ2v) is 6.74. The van der Waals surface area contributed by atoms with Crippen molar-refractivity contribution in [3.05, 3.63) is 35.8 Å². The third-order valence-corrected chi connectivity index (χ3v) is 4.61. The number of halogens is 1. The summed E-state index contributed by atoms with van der Waals surface area (Å²) in [6.07, 6.45) is 4.02. The number of hydrogen-bond acceptors (Lipinski definition) is 6. The smallest absolute Gasteiger partial charge is 0.229 e. The van der Waals surface area contributed by atoms with Crippen molar-refractivity contribution in [1.82, 2.24) is 9.97 Å². The molecule has 144 valence electrons. The molecule has 1 saturated heterocycles. The van der Waals surface area contributed by atoms with Crippen molar-refractivity contribution in [2.75, 3.05) is 42.4 Å². The van der Waals surface area contributed by atoms with Crippen molar-refractivity contribution in [3.63, 3.8) is 0 Å². The fourth-order valence-corrected chi connectivity index (χ4v) is 3.09. The predicted octanol–water partition coefficient (Wildman–Crippen LogP) is 2.88. The molecular formula is C19H24FN5O2. The van der Waals surface area contributed by atoms with E-state index in [0.29, 0.717) is 30.7 Å². The lowest BCUT2D eigenvalue weighted by atomic mass is 10.1. The zero-order chi connectivity index (χ0) is 19.4. The summed E-state index contributed by atoms with van der Waals surface area (Å²) < 4.78 is 18.7. The molecule has 0 saturated carbocycles. The molecule has 1 amide bonds. The molecule has 2 heterocycles. The summed E-state index contributed by atoms with van der Waals surface area (Å²) in [6.45, 7) is 3.05. The number of ether oxygens (including phenoxy) is 1. The van der Waals surface area contributed by atoms with E-state index in [1.54, 1.807) is 24.1 Å². The lowest BCUT2D eigenvalue weighted by Crippen LogP contribution is -2.40. The highest BCUT2D eigenvalue weighted by Gasteiger charge is 2.26. The Morgan fingerprint density at radius 3 is 2.67 bits per heavy atom. The number of hydrogen-bond donors (Lipinski definition) is 1. The monoisotopic (exact) mass is 373 g/mol. The Labute approximate surface area is 158 Å². The first-order valence-electron chi connectivity index (χ1n) is 8.88. The molecule has 8 heteroatoms. The van der Waals surface area contributed by atoms with Crippen molar-refractivity contribution in [3.8, 4) is 0 Å². The Morgan fingerprint density at radius 2 is 2.04 bits per heavy atom. The average Bonchev–Trinajstić information content (AvgIpc) is 2.65. The Kier molecular flexibility index (Phi) is 5.85. The van der Waals surface area contributed by atoms with E-state index < -0.39 is 0 Å². The van der Waals surface area contributed by atoms with Gasteiger partial charge in [-0.1, -0.05) is 0 Å². The largest absolute Gasteiger partial charge is 0.381 e. The highest BCUT2D eigenvalue weighted by molar-refractivity contribution is 5.82. The number of nitrogens with one attached hydrogen (secondary N) is 1. The zero-order valence-electron chi connectivity index (χ0n) is 15.8. The van der Waals surface area contributed by atoms with E-state index in [-0.39, 0.29) is 11.9 Å². The number of carbonyl (C=O) groups excluding carboxylic acids is 1. The maximum absolute atomic E-state index is 13.3. The lowest BCUT2D eigenvalue weighted by Gasteiger charge is -2.32. The minimum Gasteiger partial charge on any atom is -0.381 e. The molecule has 0 bridgehead atoms. The summed E-state index contributed by atoms with van der Waals surface area (Å²) in [4.78, 5) is 24.4. The molecule has 1 aromatic heterocycles. The number of nitrogens with zero attached hydrogens (tertiary/aromatic N) is 4. The average molecular weight is 373 g/mol. The van der Waals surface area contributed by atoms with Gasteiger partial charge in [-0.25, -0.2) is 9.37 Å². The predicted molar refractivity (Wildman–Crippen MR) is 103 cm³/mol. The van der Waals surface area contributed by atoms with Crippen molar-refractivity contribution >= 4 is 29.6 Å². The summed E-state index contributed by atoms with van der Waals surface area (Å²) in [6, 6.07) is 4.50. The molecule has 27 heavy (non-hydrogen) atoms. The molecule has 2 aromatic rings. The van der Waals surface area contributed by atoms with E-state index in [1.165, 1.54) is 12.1 Å². The van der Waals surface area contributed by atoms with Gasteiger partial charge in [0.15, 0.2) is 5.82 Å². The molecule has 1 aliphatic heterocycles. The first-order valence-corrected chi connectivity index (χ1v) is 8.88. The van der Waals surface area contributed by atoms with Crippen molar-refractivity contribution < 1.29 is 13.9 Å². The lowest BCUT2D eigenvalue weighted by molar-refractivity contribution is -0.108. The number of anilines is 4. The van der Waals surface area contributed by atoms with Crippen LogP contribution >= 0.6 is 0 Å². The van der Waals surface area contributed by atoms with Gasteiger partial charge >= 0.3 is 0 Å². The van der Waals surface area contributed by atoms with Crippen LogP contribution in [0.15, 0.2) is 24.4 Å². The van der Waals surface area contributed by atoms with E-state index in [1.807, 2.05) is 19.0 Å². The molecular weight excluding hydrogens is 349 g/mol. The van der Waals surface area contributed by atoms with Crippen LogP contribution in [-0.2, 0) is 9.53 Å². The van der Waals surface area contributed by atoms with Gasteiger partial charge in [0, 0.05) is 39.0 Å². The Morgan fingerprint density at radius 1 is 1.30 bits per heavy atom. The second kappa shape index (κ2) is 8.30. The molecule has 1 aromatic carbocycles. The van der Waals surface area contributed by atoms with Gasteiger partial charge in [0.25, 0.3) is 0 Å². The SMILES string of the molecule is Cc1cc(F)ccc1Nc1ncc(N(C)C)c(N(C=O)C2CCOCC2)n1. The van der Waals surface area contributed by atoms with E-state index in [2.05, 4.69) is 15.3 Å². The molecule has 1 N–H and O–H groups in total. The van der Waals surface area contributed by atoms with Crippen LogP contribution in [0.25, 0.3) is 0 Å². The van der Waals surface area contributed by atoms with Gasteiger partial charge in [-0.05, 0) is 43.5 Å². The molecule has 1 aliphatic rings. The number of aryl methyl sites for hydroxylation is 1. The molecule has 0 unspecified atom stereocenters. The van der Waals surface area contributed by atoms with Crippen LogP contribution in [0.4, 0.5) is 27.5 Å². The topological polar surface area (TPSA) is 70.6 Å². The van der Waals surface area contributed by atoms with Gasteiger partial charge in [-0.15, -0.1) is 0 Å². The molecule has 3 rings (SSSR count). The minimum atomic E-state index is -0.297. The molecule has 0 spiro atoms. The molecule has 0 radical (unpaired) electrons. The maximum atomic E-state index is 13.3. The van der Waals surface area contributed by atoms with E-state index >= 15 is 0 Å². The van der Waals surface area contributed by atoms with Gasteiger partial charge in [0.05, 0.1) is 11.9 Å². The van der Waals surface area contributed by atoms with Gasteiger partial charge in [0.2, 0.25) is 12.4 Å². The number of amides is 1. The van der Waals surface area contributed by atoms with Crippen LogP contribution in [0, 0.1) is 12.7 Å². The molecule has 0 atom stereocenters. The van der Waals surface area contributed by atoms with Crippen molar-refractivity contribution in [2.24, 2.45) is 0 Å². The number of benzene rings is 1. The van der Waals surface area contributed by atoms with Crippen molar-refractivity contribution in [2.45, 2.75) is 25.8 Å². The first-order chi connectivity index (χ1) is 13.0. The van der Waals surface area contributed by atoms with Crippen LogP contribution in [0.1, 0.15) is 18.4 Å². The Balaban J connectivity index is 1.95. The minimum absolute atomic E-state index is 0.0326. The van der Waals surface area contributed by atoms with Gasteiger partial charge in [-0.3, -0.25) is 9.69 Å². The van der Waals surface area contributed by atoms with Crippen LogP contribution < -0.4 is 15.1 Å². The van der Waals surface area contributed by atoms with Crippen LogP contribution in [0.5, 0.6) is 0 Å². The van der Waals surface area contributed by atoms with E-state index in [0.717, 1.165) is 30.5 Å². The third-order valence-electron chi connectivity index (χ3n) is 4.61. The number of carbonyl (C=O) groups is 1. The van der Waals surface area contributed by atoms with Crippen LogP contribution in [0.2, 0.25) is 0 Å². The van der Waals surface area contributed by atoms with E-state index in [9.17, 15) is 9.18 Å². The van der Waals surface area contributed by atoms with Crippen LogP contribution in [0.3, 0.4) is 0 Å². The summed E-state index contributed by atoms with van der Waals surface area (Å²) in [7, 11) is 3.76. The summed E-state index contributed by atoms with van der Waals surface area (Å²) in [5.74, 6) is 0.595. The first kappa shape index (κ1) is 19.0. The van der Waals surface area contributed by atoms with Crippen LogP contribution in [-0.4, -0.2) is 49.7 Å². The maximum Gasteiger partial charge on any atom is 0.229 e. The second-order valence-electron chi connectivity index (χ2n) is 6.74. The highest BCUT2D eigenvalue weighted by Crippen LogP contribution is 2.30. The zero-order valence-corrected chi connectivity index (χ0v) is 15.8. The van der Waals surface area contributed by atoms with Crippen molar-refractivity contribution in [1.29, 1.82) is 0 Å². The number of rotatable bonds is 6. The van der Waals surface area contributed by atoms with Gasteiger partial charge in [-0.2, -0.15) is 4.98 Å². The molecule has 1 fully saturated rings. The Hall–Kier alpha value is -2.74. The quantitative estimate of drug-likeness (QED) is 0.785. The van der Waals surface area contributed by atoms with Gasteiger partial charge in [0.1, 0.15) is 5.82 Å². The standard InChI is InChI=1S/C19H24FN5O2/c1-13-10-14(20)4-5-16(13)22-19-21-11-17(24(2)3)18(23-19)25(12-26)15-6-8-27-9-7-15/h4-5,10-12,15H,6-9H2,1-3H3,(H,21,22,23). The Bertz CT molecular complexity index is 809. The fraction of sp³-hybridized carbons (Fsp3) is 0.421. The van der Waals surface area contributed by atoms with E-state index in [4.69, 9.17) is 4.74 Å². The normalized spacial score (nSPS) is 14.7. The highest BCUT2D eigenvalue weighted by atomic mass is 19.1. The fourth-order valence-electron chi connectivity index (χ4n) is 3.09. The summed E-state index contributed by atoms with van der Waals surface area (Å²) >= 11 is 0. The summed E-state index contributed by atoms with van der Waals surface area (Å²) in [5, 5.41) is 3.11.